The van der Waals surface area contributed by atoms with Crippen molar-refractivity contribution in [3.63, 3.8) is 0 Å². The Morgan fingerprint density at radius 2 is 1.90 bits per heavy atom. The van der Waals surface area contributed by atoms with Gasteiger partial charge in [0, 0.05) is 57.0 Å². The Bertz CT molecular complexity index is 940. The van der Waals surface area contributed by atoms with Crippen molar-refractivity contribution in [1.29, 1.82) is 0 Å². The lowest BCUT2D eigenvalue weighted by Crippen LogP contribution is -2.34. The molecule has 4 rings (SSSR count). The van der Waals surface area contributed by atoms with Gasteiger partial charge in [-0.25, -0.2) is 0 Å². The highest BCUT2D eigenvalue weighted by Crippen LogP contribution is 2.45. The van der Waals surface area contributed by atoms with E-state index in [-0.39, 0.29) is 17.4 Å². The van der Waals surface area contributed by atoms with Gasteiger partial charge in [-0.3, -0.25) is 14.5 Å². The number of hydrogen-bond donors (Lipinski definition) is 1. The van der Waals surface area contributed by atoms with Crippen molar-refractivity contribution >= 4 is 5.91 Å². The van der Waals surface area contributed by atoms with Gasteiger partial charge in [0.05, 0.1) is 20.3 Å². The molecule has 0 aliphatic carbocycles. The second-order valence-corrected chi connectivity index (χ2v) is 7.90. The number of pyridine rings is 1. The van der Waals surface area contributed by atoms with Crippen LogP contribution < -0.4 is 14.9 Å². The summed E-state index contributed by atoms with van der Waals surface area (Å²) in [5, 5.41) is 0. The number of methoxy groups -OCH3 is 2. The number of hydrogen-bond acceptors (Lipinski definition) is 5. The van der Waals surface area contributed by atoms with Crippen LogP contribution in [0.15, 0.2) is 41.3 Å². The molecule has 0 radical (unpaired) electrons. The number of aromatic amines is 1. The summed E-state index contributed by atoms with van der Waals surface area (Å²) in [4.78, 5) is 31.8. The van der Waals surface area contributed by atoms with E-state index in [4.69, 9.17) is 9.47 Å². The number of aromatic nitrogens is 1. The molecule has 2 fully saturated rings. The Morgan fingerprint density at radius 3 is 2.52 bits per heavy atom. The maximum atomic E-state index is 12.3. The number of benzene rings is 1. The number of carbonyl (C=O) groups excluding carboxylic acids is 1. The average Bonchev–Trinajstić information content (AvgIpc) is 3.25. The molecule has 2 aliphatic heterocycles. The molecule has 1 aromatic carbocycles. The van der Waals surface area contributed by atoms with Gasteiger partial charge in [-0.15, -0.1) is 0 Å². The van der Waals surface area contributed by atoms with Crippen LogP contribution in [0.25, 0.3) is 0 Å². The molecule has 0 spiro atoms. The van der Waals surface area contributed by atoms with Crippen molar-refractivity contribution in [3.8, 4) is 11.5 Å². The molecule has 2 saturated heterocycles. The first-order chi connectivity index (χ1) is 14.0. The van der Waals surface area contributed by atoms with Gasteiger partial charge in [-0.2, -0.15) is 0 Å². The fourth-order valence-corrected chi connectivity index (χ4v) is 4.81. The van der Waals surface area contributed by atoms with Crippen LogP contribution in [-0.2, 0) is 11.3 Å². The lowest BCUT2D eigenvalue weighted by Gasteiger charge is -2.29. The Morgan fingerprint density at radius 1 is 1.14 bits per heavy atom. The van der Waals surface area contributed by atoms with Crippen LogP contribution in [0.4, 0.5) is 0 Å². The van der Waals surface area contributed by atoms with Crippen LogP contribution in [0.3, 0.4) is 0 Å². The third-order valence-corrected chi connectivity index (χ3v) is 6.15. The minimum Gasteiger partial charge on any atom is -0.497 e. The van der Waals surface area contributed by atoms with E-state index in [0.29, 0.717) is 24.1 Å². The van der Waals surface area contributed by atoms with E-state index in [2.05, 4.69) is 22.0 Å². The van der Waals surface area contributed by atoms with Crippen LogP contribution in [-0.4, -0.2) is 54.5 Å². The van der Waals surface area contributed by atoms with Crippen LogP contribution in [0, 0.1) is 11.8 Å². The first-order valence-corrected chi connectivity index (χ1v) is 9.89. The summed E-state index contributed by atoms with van der Waals surface area (Å²) >= 11 is 0. The Hall–Kier alpha value is -2.80. The molecule has 0 saturated carbocycles. The maximum absolute atomic E-state index is 12.3. The number of likely N-dealkylation sites (tertiary alicyclic amines) is 2. The first kappa shape index (κ1) is 19.5. The van der Waals surface area contributed by atoms with E-state index in [1.807, 2.05) is 17.0 Å². The number of carbonyl (C=O) groups is 1. The molecular weight excluding hydrogens is 370 g/mol. The summed E-state index contributed by atoms with van der Waals surface area (Å²) in [6.07, 6.45) is 1.62. The zero-order valence-corrected chi connectivity index (χ0v) is 17.1. The van der Waals surface area contributed by atoms with Crippen LogP contribution >= 0.6 is 0 Å². The number of fused-ring (bicyclic) bond motifs is 1. The topological polar surface area (TPSA) is 74.9 Å². The number of ether oxygens (including phenoxy) is 2. The highest BCUT2D eigenvalue weighted by Gasteiger charge is 2.48. The Kier molecular flexibility index (Phi) is 5.32. The molecule has 1 N–H and O–H groups in total. The molecule has 3 heterocycles. The lowest BCUT2D eigenvalue weighted by molar-refractivity contribution is -0.130. The molecule has 2 aliphatic rings. The normalized spacial score (nSPS) is 23.8. The molecule has 29 heavy (non-hydrogen) atoms. The predicted molar refractivity (Wildman–Crippen MR) is 109 cm³/mol. The monoisotopic (exact) mass is 397 g/mol. The first-order valence-electron chi connectivity index (χ1n) is 9.89. The third kappa shape index (κ3) is 3.74. The number of rotatable bonds is 5. The minimum atomic E-state index is -0.112. The number of H-pyrrole nitrogens is 1. The fourth-order valence-electron chi connectivity index (χ4n) is 4.81. The molecule has 1 aromatic heterocycles. The molecule has 2 aromatic rings. The quantitative estimate of drug-likeness (QED) is 0.836. The SMILES string of the molecule is COc1ccc([C@H]2[C@@H]3CN(Cc4cc(=O)c(OC)c[nH]4)C[C@@H]3CN2C(C)=O)cc1. The van der Waals surface area contributed by atoms with E-state index in [0.717, 1.165) is 36.6 Å². The second kappa shape index (κ2) is 7.91. The van der Waals surface area contributed by atoms with Crippen molar-refractivity contribution in [2.75, 3.05) is 33.9 Å². The predicted octanol–water partition coefficient (Wildman–Crippen LogP) is 2.04. The summed E-state index contributed by atoms with van der Waals surface area (Å²) in [5.41, 5.74) is 1.91. The van der Waals surface area contributed by atoms with Gasteiger partial charge >= 0.3 is 0 Å². The molecule has 7 nitrogen and oxygen atoms in total. The summed E-state index contributed by atoms with van der Waals surface area (Å²) in [7, 11) is 3.15. The van der Waals surface area contributed by atoms with Crippen molar-refractivity contribution < 1.29 is 14.3 Å². The molecule has 154 valence electrons. The summed E-state index contributed by atoms with van der Waals surface area (Å²) in [6, 6.07) is 9.71. The van der Waals surface area contributed by atoms with Crippen molar-refractivity contribution in [3.05, 3.63) is 58.0 Å². The summed E-state index contributed by atoms with van der Waals surface area (Å²) in [6.45, 7) is 4.90. The molecular formula is C22H27N3O4. The van der Waals surface area contributed by atoms with Gasteiger partial charge in [0.25, 0.3) is 0 Å². The second-order valence-electron chi connectivity index (χ2n) is 7.90. The van der Waals surface area contributed by atoms with E-state index < -0.39 is 0 Å². The van der Waals surface area contributed by atoms with Crippen LogP contribution in [0.5, 0.6) is 11.5 Å². The van der Waals surface area contributed by atoms with Gasteiger partial charge < -0.3 is 19.4 Å². The lowest BCUT2D eigenvalue weighted by atomic mass is 9.89. The molecule has 0 bridgehead atoms. The summed E-state index contributed by atoms with van der Waals surface area (Å²) in [5.74, 6) is 2.05. The van der Waals surface area contributed by atoms with Gasteiger partial charge in [0.15, 0.2) is 5.75 Å². The fraction of sp³-hybridized carbons (Fsp3) is 0.455. The van der Waals surface area contributed by atoms with Crippen molar-refractivity contribution in [1.82, 2.24) is 14.8 Å². The van der Waals surface area contributed by atoms with Crippen LogP contribution in [0.2, 0.25) is 0 Å². The summed E-state index contributed by atoms with van der Waals surface area (Å²) < 4.78 is 10.3. The van der Waals surface area contributed by atoms with Gasteiger partial charge in [-0.1, -0.05) is 12.1 Å². The third-order valence-electron chi connectivity index (χ3n) is 6.15. The Labute approximate surface area is 170 Å². The van der Waals surface area contributed by atoms with Crippen LogP contribution in [0.1, 0.15) is 24.2 Å². The molecule has 3 atom stereocenters. The largest absolute Gasteiger partial charge is 0.497 e. The highest BCUT2D eigenvalue weighted by molar-refractivity contribution is 5.74. The van der Waals surface area contributed by atoms with Crippen molar-refractivity contribution in [2.24, 2.45) is 11.8 Å². The van der Waals surface area contributed by atoms with Crippen molar-refractivity contribution in [2.45, 2.75) is 19.5 Å². The van der Waals surface area contributed by atoms with Gasteiger partial charge in [-0.05, 0) is 23.6 Å². The van der Waals surface area contributed by atoms with Gasteiger partial charge in [0.1, 0.15) is 5.75 Å². The van der Waals surface area contributed by atoms with E-state index in [1.165, 1.54) is 7.11 Å². The molecule has 7 heteroatoms. The zero-order chi connectivity index (χ0) is 20.5. The van der Waals surface area contributed by atoms with Gasteiger partial charge in [0.2, 0.25) is 11.3 Å². The highest BCUT2D eigenvalue weighted by atomic mass is 16.5. The average molecular weight is 397 g/mol. The van der Waals surface area contributed by atoms with E-state index >= 15 is 0 Å². The zero-order valence-electron chi connectivity index (χ0n) is 17.1. The minimum absolute atomic E-state index is 0.0725. The Balaban J connectivity index is 1.52. The number of nitrogens with zero attached hydrogens (tertiary/aromatic N) is 2. The van der Waals surface area contributed by atoms with E-state index in [9.17, 15) is 9.59 Å². The maximum Gasteiger partial charge on any atom is 0.223 e. The number of nitrogens with one attached hydrogen (secondary N) is 1. The number of amides is 1. The van der Waals surface area contributed by atoms with E-state index in [1.54, 1.807) is 26.3 Å². The molecule has 1 amide bonds. The standard InChI is InChI=1S/C22H27N3O4/c1-14(26)25-11-16-10-24(12-17-8-20(27)21(29-3)9-23-17)13-19(16)22(25)15-4-6-18(28-2)7-5-15/h4-9,16,19,22H,10-13H2,1-3H3,(H,23,27)/t16-,19-,22+/m1/s1. The smallest absolute Gasteiger partial charge is 0.223 e. The molecule has 0 unspecified atom stereocenters.